The number of esters is 1. The molecule has 0 saturated heterocycles. The van der Waals surface area contributed by atoms with E-state index in [9.17, 15) is 4.79 Å². The van der Waals surface area contributed by atoms with Crippen LogP contribution in [0.25, 0.3) is 11.5 Å². The molecule has 1 aromatic carbocycles. The molecule has 0 bridgehead atoms. The molecule has 112 valence electrons. The predicted octanol–water partition coefficient (Wildman–Crippen LogP) is 3.48. The van der Waals surface area contributed by atoms with Gasteiger partial charge >= 0.3 is 5.97 Å². The zero-order chi connectivity index (χ0) is 15.2. The average Bonchev–Trinajstić information content (AvgIpc) is 2.91. The number of hydrogen-bond acceptors (Lipinski definition) is 5. The highest BCUT2D eigenvalue weighted by Gasteiger charge is 2.22. The van der Waals surface area contributed by atoms with Gasteiger partial charge in [-0.15, -0.1) is 0 Å². The van der Waals surface area contributed by atoms with E-state index < -0.39 is 5.97 Å². The number of aryl methyl sites for hydroxylation is 1. The maximum Gasteiger partial charge on any atom is 0.376 e. The standard InChI is InChI=1S/C16H19NO4/c1-4-8-12-14(16(18)19-3)21-15(17-12)11-9-6-7-10-13(11)20-5-2/h6-7,9-10H,4-5,8H2,1-3H3. The van der Waals surface area contributed by atoms with Crippen LogP contribution in [0.5, 0.6) is 5.75 Å². The van der Waals surface area contributed by atoms with Crippen LogP contribution in [-0.2, 0) is 11.2 Å². The minimum atomic E-state index is -0.508. The molecular weight excluding hydrogens is 270 g/mol. The van der Waals surface area contributed by atoms with Crippen molar-refractivity contribution in [1.29, 1.82) is 0 Å². The summed E-state index contributed by atoms with van der Waals surface area (Å²) in [6, 6.07) is 7.46. The van der Waals surface area contributed by atoms with E-state index in [0.717, 1.165) is 12.0 Å². The summed E-state index contributed by atoms with van der Waals surface area (Å²) in [7, 11) is 1.33. The van der Waals surface area contributed by atoms with E-state index >= 15 is 0 Å². The van der Waals surface area contributed by atoms with Gasteiger partial charge in [0.1, 0.15) is 5.75 Å². The molecule has 0 radical (unpaired) electrons. The van der Waals surface area contributed by atoms with Crippen molar-refractivity contribution in [3.8, 4) is 17.2 Å². The third-order valence-corrected chi connectivity index (χ3v) is 2.97. The lowest BCUT2D eigenvalue weighted by Crippen LogP contribution is -2.03. The third kappa shape index (κ3) is 3.24. The average molecular weight is 289 g/mol. The SMILES string of the molecule is CCCc1nc(-c2ccccc2OCC)oc1C(=O)OC. The first-order valence-corrected chi connectivity index (χ1v) is 7.01. The van der Waals surface area contributed by atoms with Crippen LogP contribution in [0.15, 0.2) is 28.7 Å². The largest absolute Gasteiger partial charge is 0.493 e. The van der Waals surface area contributed by atoms with Crippen LogP contribution < -0.4 is 4.74 Å². The van der Waals surface area contributed by atoms with Gasteiger partial charge in [0.2, 0.25) is 11.7 Å². The van der Waals surface area contributed by atoms with E-state index in [1.807, 2.05) is 38.1 Å². The van der Waals surface area contributed by atoms with Crippen LogP contribution in [-0.4, -0.2) is 24.7 Å². The van der Waals surface area contributed by atoms with E-state index in [4.69, 9.17) is 13.9 Å². The highest BCUT2D eigenvalue weighted by atomic mass is 16.5. The van der Waals surface area contributed by atoms with Crippen molar-refractivity contribution in [2.45, 2.75) is 26.7 Å². The minimum absolute atomic E-state index is 0.167. The Bertz CT molecular complexity index is 618. The second-order valence-electron chi connectivity index (χ2n) is 4.47. The molecule has 0 N–H and O–H groups in total. The summed E-state index contributed by atoms with van der Waals surface area (Å²) in [4.78, 5) is 16.2. The summed E-state index contributed by atoms with van der Waals surface area (Å²) in [5, 5.41) is 0. The Morgan fingerprint density at radius 3 is 2.71 bits per heavy atom. The van der Waals surface area contributed by atoms with Crippen LogP contribution in [0.1, 0.15) is 36.5 Å². The van der Waals surface area contributed by atoms with Crippen LogP contribution in [0.3, 0.4) is 0 Å². The topological polar surface area (TPSA) is 61.6 Å². The number of carbonyl (C=O) groups is 1. The van der Waals surface area contributed by atoms with Crippen molar-refractivity contribution >= 4 is 5.97 Å². The summed E-state index contributed by atoms with van der Waals surface area (Å²) in [5.74, 6) is 0.718. The number of benzene rings is 1. The fraction of sp³-hybridized carbons (Fsp3) is 0.375. The number of ether oxygens (including phenoxy) is 2. The Hall–Kier alpha value is -2.30. The molecule has 1 aromatic heterocycles. The smallest absolute Gasteiger partial charge is 0.376 e. The van der Waals surface area contributed by atoms with Gasteiger partial charge in [-0.2, -0.15) is 0 Å². The van der Waals surface area contributed by atoms with Crippen LogP contribution in [0.4, 0.5) is 0 Å². The lowest BCUT2D eigenvalue weighted by Gasteiger charge is -2.06. The summed E-state index contributed by atoms with van der Waals surface area (Å²) >= 11 is 0. The molecule has 0 amide bonds. The molecule has 0 aliphatic heterocycles. The highest BCUT2D eigenvalue weighted by molar-refractivity contribution is 5.88. The van der Waals surface area contributed by atoms with Gasteiger partial charge in [0.25, 0.3) is 0 Å². The van der Waals surface area contributed by atoms with Gasteiger partial charge in [-0.25, -0.2) is 9.78 Å². The second kappa shape index (κ2) is 6.92. The zero-order valence-corrected chi connectivity index (χ0v) is 12.5. The summed E-state index contributed by atoms with van der Waals surface area (Å²) in [6.45, 7) is 4.47. The maximum atomic E-state index is 11.8. The lowest BCUT2D eigenvalue weighted by atomic mass is 10.2. The van der Waals surface area contributed by atoms with E-state index in [1.165, 1.54) is 7.11 Å². The molecule has 0 spiro atoms. The molecule has 1 heterocycles. The molecule has 0 aliphatic carbocycles. The molecule has 0 fully saturated rings. The molecule has 0 saturated carbocycles. The van der Waals surface area contributed by atoms with Gasteiger partial charge in [-0.1, -0.05) is 25.5 Å². The van der Waals surface area contributed by atoms with Crippen molar-refractivity contribution in [3.63, 3.8) is 0 Å². The molecule has 5 nitrogen and oxygen atoms in total. The quantitative estimate of drug-likeness (QED) is 0.762. The van der Waals surface area contributed by atoms with E-state index in [0.29, 0.717) is 30.4 Å². The lowest BCUT2D eigenvalue weighted by molar-refractivity contribution is 0.0564. The van der Waals surface area contributed by atoms with Crippen molar-refractivity contribution < 1.29 is 18.7 Å². The van der Waals surface area contributed by atoms with Crippen molar-refractivity contribution in [2.24, 2.45) is 0 Å². The summed E-state index contributed by atoms with van der Waals surface area (Å²) in [6.07, 6.45) is 1.52. The van der Waals surface area contributed by atoms with Gasteiger partial charge < -0.3 is 13.9 Å². The van der Waals surface area contributed by atoms with Crippen LogP contribution in [0, 0.1) is 0 Å². The Morgan fingerprint density at radius 2 is 2.05 bits per heavy atom. The molecule has 21 heavy (non-hydrogen) atoms. The predicted molar refractivity (Wildman–Crippen MR) is 78.4 cm³/mol. The molecule has 2 rings (SSSR count). The van der Waals surface area contributed by atoms with Gasteiger partial charge in [0.05, 0.1) is 25.0 Å². The van der Waals surface area contributed by atoms with Crippen LogP contribution in [0.2, 0.25) is 0 Å². The highest BCUT2D eigenvalue weighted by Crippen LogP contribution is 2.31. The molecule has 2 aromatic rings. The van der Waals surface area contributed by atoms with E-state index in [2.05, 4.69) is 4.98 Å². The Kier molecular flexibility index (Phi) is 4.98. The summed E-state index contributed by atoms with van der Waals surface area (Å²) < 4.78 is 15.9. The maximum absolute atomic E-state index is 11.8. The molecule has 0 atom stereocenters. The molecule has 0 unspecified atom stereocenters. The number of carbonyl (C=O) groups excluding carboxylic acids is 1. The van der Waals surface area contributed by atoms with Crippen LogP contribution >= 0.6 is 0 Å². The fourth-order valence-electron chi connectivity index (χ4n) is 2.05. The number of hydrogen-bond donors (Lipinski definition) is 0. The first kappa shape index (κ1) is 15.1. The first-order valence-electron chi connectivity index (χ1n) is 7.01. The van der Waals surface area contributed by atoms with Crippen molar-refractivity contribution in [2.75, 3.05) is 13.7 Å². The zero-order valence-electron chi connectivity index (χ0n) is 12.5. The number of methoxy groups -OCH3 is 1. The van der Waals surface area contributed by atoms with Crippen molar-refractivity contribution in [1.82, 2.24) is 4.98 Å². The number of oxazole rings is 1. The fourth-order valence-corrected chi connectivity index (χ4v) is 2.05. The van der Waals surface area contributed by atoms with Gasteiger partial charge in [-0.3, -0.25) is 0 Å². The van der Waals surface area contributed by atoms with E-state index in [1.54, 1.807) is 0 Å². The Labute approximate surface area is 123 Å². The summed E-state index contributed by atoms with van der Waals surface area (Å²) in [5.41, 5.74) is 1.34. The normalized spacial score (nSPS) is 10.4. The van der Waals surface area contributed by atoms with Gasteiger partial charge in [0.15, 0.2) is 0 Å². The number of aromatic nitrogens is 1. The van der Waals surface area contributed by atoms with Gasteiger partial charge in [0, 0.05) is 0 Å². The molecule has 5 heteroatoms. The number of nitrogens with zero attached hydrogens (tertiary/aromatic N) is 1. The van der Waals surface area contributed by atoms with E-state index in [-0.39, 0.29) is 5.76 Å². The number of rotatable bonds is 6. The first-order chi connectivity index (χ1) is 10.2. The third-order valence-electron chi connectivity index (χ3n) is 2.97. The Balaban J connectivity index is 2.47. The molecule has 0 aliphatic rings. The Morgan fingerprint density at radius 1 is 1.29 bits per heavy atom. The second-order valence-corrected chi connectivity index (χ2v) is 4.47. The monoisotopic (exact) mass is 289 g/mol. The minimum Gasteiger partial charge on any atom is -0.493 e. The molecular formula is C16H19NO4. The number of para-hydroxylation sites is 1. The van der Waals surface area contributed by atoms with Crippen molar-refractivity contribution in [3.05, 3.63) is 35.7 Å². The van der Waals surface area contributed by atoms with Gasteiger partial charge in [-0.05, 0) is 25.5 Å².